The molecule has 1 aromatic heterocycles. The van der Waals surface area contributed by atoms with Crippen LogP contribution in [0.5, 0.6) is 0 Å². The largest absolute Gasteiger partial charge is 0.348 e. The molecule has 0 aliphatic rings. The number of benzene rings is 1. The Morgan fingerprint density at radius 3 is 2.60 bits per heavy atom. The summed E-state index contributed by atoms with van der Waals surface area (Å²) in [5, 5.41) is 7.03. The summed E-state index contributed by atoms with van der Waals surface area (Å²) >= 11 is 0. The third kappa shape index (κ3) is 2.88. The molecule has 20 heavy (non-hydrogen) atoms. The van der Waals surface area contributed by atoms with E-state index >= 15 is 0 Å². The van der Waals surface area contributed by atoms with Gasteiger partial charge in [-0.1, -0.05) is 30.3 Å². The number of hydrogen-bond acceptors (Lipinski definition) is 3. The molecule has 5 heteroatoms. The molecule has 0 saturated heterocycles. The summed E-state index contributed by atoms with van der Waals surface area (Å²) in [7, 11) is 1.84. The number of nitrogens with zero attached hydrogens (tertiary/aromatic N) is 2. The Kier molecular flexibility index (Phi) is 3.90. The normalized spacial score (nSPS) is 15.4. The van der Waals surface area contributed by atoms with Gasteiger partial charge < -0.3 is 11.1 Å². The van der Waals surface area contributed by atoms with Crippen molar-refractivity contribution in [3.05, 3.63) is 53.9 Å². The number of carbonyl (C=O) groups is 1. The number of aromatic nitrogens is 2. The number of amides is 1. The smallest absolute Gasteiger partial charge is 0.244 e. The maximum atomic E-state index is 12.4. The molecule has 0 aliphatic heterocycles. The Hall–Kier alpha value is -2.14. The maximum Gasteiger partial charge on any atom is 0.244 e. The van der Waals surface area contributed by atoms with Crippen molar-refractivity contribution in [1.82, 2.24) is 15.1 Å². The first kappa shape index (κ1) is 14.3. The maximum absolute atomic E-state index is 12.4. The van der Waals surface area contributed by atoms with E-state index in [4.69, 9.17) is 5.73 Å². The van der Waals surface area contributed by atoms with Crippen molar-refractivity contribution in [2.24, 2.45) is 12.8 Å². The van der Waals surface area contributed by atoms with Crippen molar-refractivity contribution in [3.8, 4) is 0 Å². The second-order valence-corrected chi connectivity index (χ2v) is 5.21. The molecular formula is C15H20N4O. The van der Waals surface area contributed by atoms with E-state index in [1.807, 2.05) is 50.5 Å². The van der Waals surface area contributed by atoms with E-state index in [1.54, 1.807) is 17.8 Å². The molecule has 0 fully saturated rings. The van der Waals surface area contributed by atoms with Gasteiger partial charge in [0.05, 0.1) is 12.2 Å². The van der Waals surface area contributed by atoms with E-state index < -0.39 is 5.54 Å². The summed E-state index contributed by atoms with van der Waals surface area (Å²) in [6.45, 7) is 3.63. The molecule has 1 aromatic carbocycles. The SMILES string of the molecule is CC(NC(=O)C(C)(N)c1ccccc1)c1cnn(C)c1. The second-order valence-electron chi connectivity index (χ2n) is 5.21. The van der Waals surface area contributed by atoms with Crippen molar-refractivity contribution in [3.63, 3.8) is 0 Å². The zero-order chi connectivity index (χ0) is 14.8. The minimum Gasteiger partial charge on any atom is -0.348 e. The van der Waals surface area contributed by atoms with E-state index in [1.165, 1.54) is 0 Å². The van der Waals surface area contributed by atoms with Crippen molar-refractivity contribution in [1.29, 1.82) is 0 Å². The van der Waals surface area contributed by atoms with Gasteiger partial charge in [0.25, 0.3) is 0 Å². The summed E-state index contributed by atoms with van der Waals surface area (Å²) in [6.07, 6.45) is 3.61. The number of nitrogens with one attached hydrogen (secondary N) is 1. The quantitative estimate of drug-likeness (QED) is 0.885. The van der Waals surface area contributed by atoms with Gasteiger partial charge in [0.1, 0.15) is 5.54 Å². The molecule has 2 rings (SSSR count). The molecule has 0 spiro atoms. The number of carbonyl (C=O) groups excluding carboxylic acids is 1. The Labute approximate surface area is 118 Å². The highest BCUT2D eigenvalue weighted by Crippen LogP contribution is 2.19. The molecule has 106 valence electrons. The highest BCUT2D eigenvalue weighted by atomic mass is 16.2. The highest BCUT2D eigenvalue weighted by molar-refractivity contribution is 5.87. The first-order chi connectivity index (χ1) is 9.41. The third-order valence-electron chi connectivity index (χ3n) is 3.42. The lowest BCUT2D eigenvalue weighted by atomic mass is 9.92. The van der Waals surface area contributed by atoms with Gasteiger partial charge in [-0.3, -0.25) is 9.48 Å². The first-order valence-electron chi connectivity index (χ1n) is 6.55. The van der Waals surface area contributed by atoms with Crippen LogP contribution < -0.4 is 11.1 Å². The van der Waals surface area contributed by atoms with Crippen LogP contribution in [0.1, 0.15) is 31.0 Å². The lowest BCUT2D eigenvalue weighted by molar-refractivity contribution is -0.126. The van der Waals surface area contributed by atoms with Crippen LogP contribution in [-0.2, 0) is 17.4 Å². The van der Waals surface area contributed by atoms with Crippen molar-refractivity contribution in [2.75, 3.05) is 0 Å². The van der Waals surface area contributed by atoms with Gasteiger partial charge in [-0.25, -0.2) is 0 Å². The summed E-state index contributed by atoms with van der Waals surface area (Å²) in [6, 6.07) is 9.22. The molecule has 1 amide bonds. The topological polar surface area (TPSA) is 72.9 Å². The lowest BCUT2D eigenvalue weighted by Gasteiger charge is -2.26. The molecule has 0 radical (unpaired) electrons. The van der Waals surface area contributed by atoms with Crippen LogP contribution in [-0.4, -0.2) is 15.7 Å². The van der Waals surface area contributed by atoms with E-state index in [2.05, 4.69) is 10.4 Å². The molecular weight excluding hydrogens is 252 g/mol. The van der Waals surface area contributed by atoms with Gasteiger partial charge in [-0.05, 0) is 19.4 Å². The predicted octanol–water partition coefficient (Wildman–Crippen LogP) is 1.47. The number of rotatable bonds is 4. The third-order valence-corrected chi connectivity index (χ3v) is 3.42. The molecule has 3 N–H and O–H groups in total. The van der Waals surface area contributed by atoms with E-state index in [0.717, 1.165) is 11.1 Å². The Bertz CT molecular complexity index is 589. The van der Waals surface area contributed by atoms with E-state index in [9.17, 15) is 4.79 Å². The van der Waals surface area contributed by atoms with Crippen LogP contribution in [0.2, 0.25) is 0 Å². The zero-order valence-corrected chi connectivity index (χ0v) is 12.0. The van der Waals surface area contributed by atoms with Gasteiger partial charge >= 0.3 is 0 Å². The highest BCUT2D eigenvalue weighted by Gasteiger charge is 2.31. The van der Waals surface area contributed by atoms with Gasteiger partial charge in [0, 0.05) is 18.8 Å². The van der Waals surface area contributed by atoms with E-state index in [-0.39, 0.29) is 11.9 Å². The van der Waals surface area contributed by atoms with Gasteiger partial charge in [0.2, 0.25) is 5.91 Å². The Morgan fingerprint density at radius 2 is 2.05 bits per heavy atom. The van der Waals surface area contributed by atoms with Crippen molar-refractivity contribution < 1.29 is 4.79 Å². The zero-order valence-electron chi connectivity index (χ0n) is 12.0. The van der Waals surface area contributed by atoms with Crippen LogP contribution >= 0.6 is 0 Å². The summed E-state index contributed by atoms with van der Waals surface area (Å²) in [4.78, 5) is 12.4. The average molecular weight is 272 g/mol. The molecule has 0 bridgehead atoms. The molecule has 1 heterocycles. The Balaban J connectivity index is 2.11. The average Bonchev–Trinajstić information content (AvgIpc) is 2.86. The molecule has 0 aliphatic carbocycles. The molecule has 5 nitrogen and oxygen atoms in total. The number of aryl methyl sites for hydroxylation is 1. The van der Waals surface area contributed by atoms with Crippen LogP contribution in [0, 0.1) is 0 Å². The fourth-order valence-electron chi connectivity index (χ4n) is 2.01. The van der Waals surface area contributed by atoms with Gasteiger partial charge in [-0.15, -0.1) is 0 Å². The molecule has 0 saturated carbocycles. The van der Waals surface area contributed by atoms with Gasteiger partial charge in [0.15, 0.2) is 0 Å². The summed E-state index contributed by atoms with van der Waals surface area (Å²) < 4.78 is 1.71. The minimum absolute atomic E-state index is 0.136. The second kappa shape index (κ2) is 5.46. The van der Waals surface area contributed by atoms with E-state index in [0.29, 0.717) is 0 Å². The van der Waals surface area contributed by atoms with Crippen molar-refractivity contribution in [2.45, 2.75) is 25.4 Å². The summed E-state index contributed by atoms with van der Waals surface area (Å²) in [5.41, 5.74) is 6.86. The summed E-state index contributed by atoms with van der Waals surface area (Å²) in [5.74, 6) is -0.208. The van der Waals surface area contributed by atoms with Crippen LogP contribution in [0.3, 0.4) is 0 Å². The van der Waals surface area contributed by atoms with Crippen LogP contribution in [0.25, 0.3) is 0 Å². The fourth-order valence-corrected chi connectivity index (χ4v) is 2.01. The molecule has 2 aromatic rings. The predicted molar refractivity (Wildman–Crippen MR) is 77.7 cm³/mol. The number of hydrogen-bond donors (Lipinski definition) is 2. The monoisotopic (exact) mass is 272 g/mol. The Morgan fingerprint density at radius 1 is 1.40 bits per heavy atom. The first-order valence-corrected chi connectivity index (χ1v) is 6.55. The standard InChI is InChI=1S/C15H20N4O/c1-11(12-9-17-19(3)10-12)18-14(20)15(2,16)13-7-5-4-6-8-13/h4-11H,16H2,1-3H3,(H,18,20). The lowest BCUT2D eigenvalue weighted by Crippen LogP contribution is -2.49. The van der Waals surface area contributed by atoms with Gasteiger partial charge in [-0.2, -0.15) is 5.10 Å². The fraction of sp³-hybridized carbons (Fsp3) is 0.333. The van der Waals surface area contributed by atoms with Crippen LogP contribution in [0.15, 0.2) is 42.7 Å². The molecule has 2 unspecified atom stereocenters. The number of nitrogens with two attached hydrogens (primary N) is 1. The minimum atomic E-state index is -1.06. The molecule has 2 atom stereocenters. The van der Waals surface area contributed by atoms with Crippen LogP contribution in [0.4, 0.5) is 0 Å². The van der Waals surface area contributed by atoms with Crippen molar-refractivity contribution >= 4 is 5.91 Å².